The minimum atomic E-state index is -3.01. The molecule has 0 spiro atoms. The lowest BCUT2D eigenvalue weighted by molar-refractivity contribution is 0.484. The molecule has 0 saturated heterocycles. The summed E-state index contributed by atoms with van der Waals surface area (Å²) < 4.78 is 22.9. The van der Waals surface area contributed by atoms with Gasteiger partial charge >= 0.3 is 0 Å². The van der Waals surface area contributed by atoms with Crippen molar-refractivity contribution < 1.29 is 8.42 Å². The van der Waals surface area contributed by atoms with Crippen LogP contribution in [0.5, 0.6) is 0 Å². The van der Waals surface area contributed by atoms with E-state index < -0.39 is 9.84 Å². The Labute approximate surface area is 122 Å². The highest BCUT2D eigenvalue weighted by Gasteiger charge is 2.27. The van der Waals surface area contributed by atoms with Crippen molar-refractivity contribution in [3.63, 3.8) is 0 Å². The highest BCUT2D eigenvalue weighted by Crippen LogP contribution is 2.38. The molecule has 1 N–H and O–H groups in total. The van der Waals surface area contributed by atoms with Crippen molar-refractivity contribution in [1.29, 1.82) is 0 Å². The summed E-state index contributed by atoms with van der Waals surface area (Å²) >= 11 is 7.88. The van der Waals surface area contributed by atoms with Crippen LogP contribution in [0.25, 0.3) is 0 Å². The van der Waals surface area contributed by atoms with Crippen molar-refractivity contribution in [2.24, 2.45) is 0 Å². The van der Waals surface area contributed by atoms with Crippen molar-refractivity contribution >= 4 is 33.2 Å². The molecule has 0 fully saturated rings. The number of hydrogen-bond acceptors (Lipinski definition) is 4. The van der Waals surface area contributed by atoms with Crippen molar-refractivity contribution in [2.45, 2.75) is 23.4 Å². The van der Waals surface area contributed by atoms with Crippen LogP contribution in [0.2, 0.25) is 5.02 Å². The van der Waals surface area contributed by atoms with E-state index in [1.54, 1.807) is 6.08 Å². The standard InChI is InChI=1S/C13H14ClNO2S2/c14-9-1-2-13-11(7-9)12(3-5-18-13)15-10-4-6-19(16,17)8-10/h1-2,4,6-7,10,12,15H,3,5,8H2. The van der Waals surface area contributed by atoms with Crippen LogP contribution in [0.15, 0.2) is 34.6 Å². The molecular weight excluding hydrogens is 302 g/mol. The van der Waals surface area contributed by atoms with Gasteiger partial charge in [0.05, 0.1) is 5.75 Å². The smallest absolute Gasteiger partial charge is 0.173 e. The highest BCUT2D eigenvalue weighted by molar-refractivity contribution is 7.99. The summed E-state index contributed by atoms with van der Waals surface area (Å²) in [6.07, 6.45) is 2.73. The number of hydrogen-bond donors (Lipinski definition) is 1. The van der Waals surface area contributed by atoms with Crippen molar-refractivity contribution in [3.8, 4) is 0 Å². The number of nitrogens with one attached hydrogen (secondary N) is 1. The van der Waals surface area contributed by atoms with Crippen LogP contribution in [0.4, 0.5) is 0 Å². The van der Waals surface area contributed by atoms with Crippen LogP contribution in [0.3, 0.4) is 0 Å². The fourth-order valence-electron chi connectivity index (χ4n) is 2.48. The first kappa shape index (κ1) is 13.5. The van der Waals surface area contributed by atoms with Gasteiger partial charge in [-0.05, 0) is 35.9 Å². The van der Waals surface area contributed by atoms with Gasteiger partial charge in [0.15, 0.2) is 9.84 Å². The van der Waals surface area contributed by atoms with Gasteiger partial charge in [0.1, 0.15) is 0 Å². The fraction of sp³-hybridized carbons (Fsp3) is 0.385. The first-order chi connectivity index (χ1) is 9.03. The average molecular weight is 316 g/mol. The lowest BCUT2D eigenvalue weighted by Crippen LogP contribution is -2.35. The van der Waals surface area contributed by atoms with Crippen molar-refractivity contribution in [1.82, 2.24) is 5.32 Å². The molecule has 0 bridgehead atoms. The van der Waals surface area contributed by atoms with Gasteiger partial charge in [0.25, 0.3) is 0 Å². The second-order valence-corrected chi connectivity index (χ2v) is 8.31. The normalized spacial score (nSPS) is 28.3. The van der Waals surface area contributed by atoms with E-state index in [0.717, 1.165) is 17.2 Å². The highest BCUT2D eigenvalue weighted by atomic mass is 35.5. The Kier molecular flexibility index (Phi) is 3.64. The zero-order valence-corrected chi connectivity index (χ0v) is 12.6. The summed E-state index contributed by atoms with van der Waals surface area (Å²) in [7, 11) is -3.01. The summed E-state index contributed by atoms with van der Waals surface area (Å²) in [5.41, 5.74) is 1.18. The van der Waals surface area contributed by atoms with Gasteiger partial charge < -0.3 is 5.32 Å². The molecule has 1 aromatic rings. The van der Waals surface area contributed by atoms with Crippen LogP contribution in [-0.4, -0.2) is 26.0 Å². The van der Waals surface area contributed by atoms with Gasteiger partial charge in [-0.3, -0.25) is 0 Å². The molecule has 1 aromatic carbocycles. The molecule has 2 unspecified atom stereocenters. The maximum atomic E-state index is 11.4. The van der Waals surface area contributed by atoms with Gasteiger partial charge in [-0.2, -0.15) is 0 Å². The van der Waals surface area contributed by atoms with E-state index in [-0.39, 0.29) is 17.8 Å². The average Bonchev–Trinajstić information content (AvgIpc) is 2.69. The Bertz CT molecular complexity index is 628. The minimum Gasteiger partial charge on any atom is -0.303 e. The first-order valence-electron chi connectivity index (χ1n) is 6.13. The lowest BCUT2D eigenvalue weighted by atomic mass is 10.0. The van der Waals surface area contributed by atoms with Gasteiger partial charge in [-0.15, -0.1) is 11.8 Å². The molecule has 0 amide bonds. The fourth-order valence-corrected chi connectivity index (χ4v) is 5.01. The molecule has 19 heavy (non-hydrogen) atoms. The maximum Gasteiger partial charge on any atom is 0.173 e. The maximum absolute atomic E-state index is 11.4. The first-order valence-corrected chi connectivity index (χ1v) is 9.21. The third kappa shape index (κ3) is 2.99. The second kappa shape index (κ2) is 5.13. The number of thioether (sulfide) groups is 1. The van der Waals surface area contributed by atoms with E-state index in [0.29, 0.717) is 0 Å². The van der Waals surface area contributed by atoms with Crippen molar-refractivity contribution in [3.05, 3.63) is 40.3 Å². The minimum absolute atomic E-state index is 0.0927. The summed E-state index contributed by atoms with van der Waals surface area (Å²) in [4.78, 5) is 1.23. The van der Waals surface area contributed by atoms with E-state index >= 15 is 0 Å². The third-order valence-corrected chi connectivity index (χ3v) is 6.11. The van der Waals surface area contributed by atoms with Crippen LogP contribution in [0.1, 0.15) is 18.0 Å². The number of benzene rings is 1. The molecule has 0 radical (unpaired) electrons. The molecule has 102 valence electrons. The molecule has 2 heterocycles. The number of sulfone groups is 1. The van der Waals surface area contributed by atoms with E-state index in [9.17, 15) is 8.42 Å². The SMILES string of the molecule is O=S1(=O)C=CC(NC2CCSc3ccc(Cl)cc32)C1. The van der Waals surface area contributed by atoms with Gasteiger partial charge in [-0.1, -0.05) is 17.7 Å². The van der Waals surface area contributed by atoms with Gasteiger partial charge in [-0.25, -0.2) is 8.42 Å². The lowest BCUT2D eigenvalue weighted by Gasteiger charge is -2.28. The molecular formula is C13H14ClNO2S2. The number of fused-ring (bicyclic) bond motifs is 1. The van der Waals surface area contributed by atoms with Crippen LogP contribution >= 0.6 is 23.4 Å². The summed E-state index contributed by atoms with van der Waals surface area (Å²) in [5.74, 6) is 1.20. The van der Waals surface area contributed by atoms with Crippen LogP contribution in [-0.2, 0) is 9.84 Å². The Balaban J connectivity index is 1.81. The summed E-state index contributed by atoms with van der Waals surface area (Å²) in [6.45, 7) is 0. The molecule has 2 atom stereocenters. The Morgan fingerprint density at radius 1 is 1.37 bits per heavy atom. The number of halogens is 1. The second-order valence-electron chi connectivity index (χ2n) is 4.80. The summed E-state index contributed by atoms with van der Waals surface area (Å²) in [5, 5.41) is 5.45. The molecule has 3 nitrogen and oxygen atoms in total. The molecule has 6 heteroatoms. The zero-order valence-electron chi connectivity index (χ0n) is 10.2. The van der Waals surface area contributed by atoms with Crippen LogP contribution in [0, 0.1) is 0 Å². The van der Waals surface area contributed by atoms with E-state index in [1.165, 1.54) is 15.9 Å². The van der Waals surface area contributed by atoms with Gasteiger partial charge in [0, 0.05) is 27.4 Å². The molecule has 2 aliphatic heterocycles. The van der Waals surface area contributed by atoms with Gasteiger partial charge in [0.2, 0.25) is 0 Å². The van der Waals surface area contributed by atoms with E-state index in [2.05, 4.69) is 5.32 Å². The quantitative estimate of drug-likeness (QED) is 0.911. The molecule has 2 aliphatic rings. The Hall–Kier alpha value is -0.490. The third-order valence-electron chi connectivity index (χ3n) is 3.36. The summed E-state index contributed by atoms with van der Waals surface area (Å²) in [6, 6.07) is 6.00. The van der Waals surface area contributed by atoms with E-state index in [4.69, 9.17) is 11.6 Å². The zero-order chi connectivity index (χ0) is 13.5. The largest absolute Gasteiger partial charge is 0.303 e. The predicted octanol–water partition coefficient (Wildman–Crippen LogP) is 2.78. The Morgan fingerprint density at radius 3 is 2.95 bits per heavy atom. The van der Waals surface area contributed by atoms with Crippen LogP contribution < -0.4 is 5.32 Å². The molecule has 3 rings (SSSR count). The topological polar surface area (TPSA) is 46.2 Å². The monoisotopic (exact) mass is 315 g/mol. The molecule has 0 aromatic heterocycles. The van der Waals surface area contributed by atoms with Crippen molar-refractivity contribution in [2.75, 3.05) is 11.5 Å². The molecule has 0 aliphatic carbocycles. The predicted molar refractivity (Wildman–Crippen MR) is 79.4 cm³/mol. The number of rotatable bonds is 2. The van der Waals surface area contributed by atoms with E-state index in [1.807, 2.05) is 30.0 Å². The Morgan fingerprint density at radius 2 is 2.21 bits per heavy atom. The molecule has 0 saturated carbocycles.